The molecule has 1 amide bonds. The number of nitrogens with zero attached hydrogens (tertiary/aromatic N) is 1. The Bertz CT molecular complexity index is 893. The van der Waals surface area contributed by atoms with Gasteiger partial charge in [-0.1, -0.05) is 56.3 Å². The van der Waals surface area contributed by atoms with Crippen LogP contribution >= 0.6 is 11.6 Å². The van der Waals surface area contributed by atoms with E-state index in [1.54, 1.807) is 26.0 Å². The fraction of sp³-hybridized carbons (Fsp3) is 0.348. The molecule has 168 valence electrons. The number of hydrogen-bond acceptors (Lipinski definition) is 6. The van der Waals surface area contributed by atoms with Gasteiger partial charge in [0.1, 0.15) is 5.75 Å². The molecule has 0 spiro atoms. The van der Waals surface area contributed by atoms with Crippen LogP contribution < -0.4 is 10.1 Å². The SMILES string of the molecule is C=C(c1ccc(Cl)cc1)c1ccc(OC(C)(C)C(=O)NCC(C)(C)CON(O)O)cc1. The fourth-order valence-corrected chi connectivity index (χ4v) is 2.82. The maximum Gasteiger partial charge on any atom is 0.263 e. The lowest BCUT2D eigenvalue weighted by molar-refractivity contribution is -0.496. The monoisotopic (exact) mass is 448 g/mol. The lowest BCUT2D eigenvalue weighted by Gasteiger charge is -2.29. The molecule has 2 aromatic carbocycles. The molecule has 0 unspecified atom stereocenters. The molecule has 3 N–H and O–H groups in total. The van der Waals surface area contributed by atoms with Gasteiger partial charge in [0.15, 0.2) is 5.60 Å². The Kier molecular flexibility index (Phi) is 8.22. The summed E-state index contributed by atoms with van der Waals surface area (Å²) in [6.45, 7) is 11.4. The van der Waals surface area contributed by atoms with Crippen LogP contribution in [0, 0.1) is 5.41 Å². The molecule has 0 fully saturated rings. The van der Waals surface area contributed by atoms with Gasteiger partial charge in [-0.25, -0.2) is 0 Å². The van der Waals surface area contributed by atoms with E-state index in [9.17, 15) is 4.79 Å². The Hall–Kier alpha value is -2.42. The molecule has 2 aromatic rings. The number of benzene rings is 2. The summed E-state index contributed by atoms with van der Waals surface area (Å²) in [6, 6.07) is 14.8. The third-order valence-electron chi connectivity index (χ3n) is 4.61. The van der Waals surface area contributed by atoms with Crippen LogP contribution in [0.5, 0.6) is 5.75 Å². The first-order valence-electron chi connectivity index (χ1n) is 9.73. The minimum Gasteiger partial charge on any atom is -0.478 e. The average molecular weight is 449 g/mol. The Morgan fingerprint density at radius 2 is 1.55 bits per heavy atom. The van der Waals surface area contributed by atoms with Gasteiger partial charge in [-0.05, 0) is 54.8 Å². The third kappa shape index (κ3) is 7.65. The summed E-state index contributed by atoms with van der Waals surface area (Å²) >= 11 is 5.94. The highest BCUT2D eigenvalue weighted by Crippen LogP contribution is 2.26. The van der Waals surface area contributed by atoms with E-state index in [0.717, 1.165) is 16.7 Å². The Labute approximate surface area is 187 Å². The van der Waals surface area contributed by atoms with Crippen molar-refractivity contribution in [3.05, 3.63) is 71.3 Å². The summed E-state index contributed by atoms with van der Waals surface area (Å²) in [4.78, 5) is 17.3. The van der Waals surface area contributed by atoms with Gasteiger partial charge in [0.05, 0.1) is 12.0 Å². The van der Waals surface area contributed by atoms with Crippen molar-refractivity contribution in [3.8, 4) is 5.75 Å². The second kappa shape index (κ2) is 10.3. The van der Waals surface area contributed by atoms with Crippen molar-refractivity contribution in [1.29, 1.82) is 0 Å². The largest absolute Gasteiger partial charge is 0.478 e. The Morgan fingerprint density at radius 1 is 1.03 bits per heavy atom. The van der Waals surface area contributed by atoms with E-state index in [2.05, 4.69) is 16.7 Å². The van der Waals surface area contributed by atoms with Crippen LogP contribution in [0.1, 0.15) is 38.8 Å². The number of halogens is 1. The average Bonchev–Trinajstić information content (AvgIpc) is 2.71. The topological polar surface area (TPSA) is 91.3 Å². The highest BCUT2D eigenvalue weighted by atomic mass is 35.5. The zero-order chi connectivity index (χ0) is 23.2. The van der Waals surface area contributed by atoms with E-state index in [4.69, 9.17) is 26.8 Å². The molecule has 0 saturated heterocycles. The predicted octanol–water partition coefficient (Wildman–Crippen LogP) is 4.71. The fourth-order valence-electron chi connectivity index (χ4n) is 2.70. The molecular formula is C23H29ClN2O5. The Morgan fingerprint density at radius 3 is 2.06 bits per heavy atom. The zero-order valence-electron chi connectivity index (χ0n) is 18.2. The highest BCUT2D eigenvalue weighted by Gasteiger charge is 2.31. The molecule has 0 bridgehead atoms. The molecule has 8 heteroatoms. The molecule has 0 aliphatic rings. The van der Waals surface area contributed by atoms with Crippen LogP contribution in [0.3, 0.4) is 0 Å². The lowest BCUT2D eigenvalue weighted by atomic mass is 9.94. The third-order valence-corrected chi connectivity index (χ3v) is 4.87. The zero-order valence-corrected chi connectivity index (χ0v) is 18.9. The van der Waals surface area contributed by atoms with Crippen molar-refractivity contribution in [1.82, 2.24) is 10.7 Å². The van der Waals surface area contributed by atoms with Crippen molar-refractivity contribution < 1.29 is 24.8 Å². The van der Waals surface area contributed by atoms with Crippen molar-refractivity contribution in [3.63, 3.8) is 0 Å². The summed E-state index contributed by atoms with van der Waals surface area (Å²) in [7, 11) is 0. The molecule has 31 heavy (non-hydrogen) atoms. The van der Waals surface area contributed by atoms with Gasteiger partial charge in [-0.2, -0.15) is 0 Å². The molecule has 2 rings (SSSR count). The minimum absolute atomic E-state index is 0.000530. The van der Waals surface area contributed by atoms with E-state index in [0.29, 0.717) is 10.8 Å². The number of carbonyl (C=O) groups excluding carboxylic acids is 1. The number of carbonyl (C=O) groups is 1. The summed E-state index contributed by atoms with van der Waals surface area (Å²) in [5, 5.41) is 20.5. The van der Waals surface area contributed by atoms with E-state index in [-0.39, 0.29) is 24.4 Å². The van der Waals surface area contributed by atoms with E-state index < -0.39 is 11.0 Å². The van der Waals surface area contributed by atoms with Gasteiger partial charge in [0, 0.05) is 17.0 Å². The maximum absolute atomic E-state index is 12.6. The van der Waals surface area contributed by atoms with Gasteiger partial charge >= 0.3 is 0 Å². The van der Waals surface area contributed by atoms with Crippen LogP contribution in [-0.4, -0.2) is 40.5 Å². The van der Waals surface area contributed by atoms with Gasteiger partial charge in [0.25, 0.3) is 5.91 Å². The summed E-state index contributed by atoms with van der Waals surface area (Å²) in [6.07, 6.45) is 0. The van der Waals surface area contributed by atoms with E-state index in [1.807, 2.05) is 50.2 Å². The normalized spacial score (nSPS) is 12.0. The molecular weight excluding hydrogens is 420 g/mol. The Balaban J connectivity index is 1.96. The standard InChI is InChI=1S/C23H29ClN2O5/c1-16(17-6-10-19(24)11-7-17)18-8-12-20(13-9-18)31-23(4,5)21(27)25-14-22(2,3)15-30-26(28)29/h6-13,28-29H,1,14-15H2,2-5H3,(H,25,27). The first-order valence-corrected chi connectivity index (χ1v) is 10.1. The van der Waals surface area contributed by atoms with Crippen LogP contribution in [0.15, 0.2) is 55.1 Å². The molecule has 0 aromatic heterocycles. The van der Waals surface area contributed by atoms with Crippen LogP contribution in [0.4, 0.5) is 0 Å². The minimum atomic E-state index is -1.12. The summed E-state index contributed by atoms with van der Waals surface area (Å²) in [5.74, 6) is 0.242. The van der Waals surface area contributed by atoms with E-state index >= 15 is 0 Å². The molecule has 7 nitrogen and oxygen atoms in total. The van der Waals surface area contributed by atoms with Crippen molar-refractivity contribution in [2.45, 2.75) is 33.3 Å². The first-order chi connectivity index (χ1) is 14.4. The second-order valence-electron chi connectivity index (χ2n) is 8.50. The van der Waals surface area contributed by atoms with Gasteiger partial charge < -0.3 is 10.1 Å². The van der Waals surface area contributed by atoms with Crippen LogP contribution in [0.25, 0.3) is 5.57 Å². The number of nitrogens with one attached hydrogen (secondary N) is 1. The van der Waals surface area contributed by atoms with Crippen LogP contribution in [-0.2, 0) is 9.63 Å². The van der Waals surface area contributed by atoms with Crippen molar-refractivity contribution in [2.24, 2.45) is 5.41 Å². The molecule has 0 heterocycles. The number of amides is 1. The first kappa shape index (κ1) is 24.8. The molecule has 0 saturated carbocycles. The number of hydrogen-bond donors (Lipinski definition) is 3. The molecule has 0 atom stereocenters. The van der Waals surface area contributed by atoms with Gasteiger partial charge in [-0.3, -0.25) is 20.0 Å². The van der Waals surface area contributed by atoms with Gasteiger partial charge in [-0.15, -0.1) is 0 Å². The summed E-state index contributed by atoms with van der Waals surface area (Å²) in [5.41, 5.74) is 1.11. The predicted molar refractivity (Wildman–Crippen MR) is 119 cm³/mol. The smallest absolute Gasteiger partial charge is 0.263 e. The molecule has 0 aliphatic carbocycles. The number of rotatable bonds is 10. The molecule has 0 radical (unpaired) electrons. The second-order valence-corrected chi connectivity index (χ2v) is 8.93. The van der Waals surface area contributed by atoms with Crippen molar-refractivity contribution in [2.75, 3.05) is 13.2 Å². The van der Waals surface area contributed by atoms with E-state index in [1.165, 1.54) is 0 Å². The maximum atomic E-state index is 12.6. The molecule has 0 aliphatic heterocycles. The quantitative estimate of drug-likeness (QED) is 0.456. The van der Waals surface area contributed by atoms with Crippen molar-refractivity contribution >= 4 is 23.1 Å². The highest BCUT2D eigenvalue weighted by molar-refractivity contribution is 6.30. The van der Waals surface area contributed by atoms with Gasteiger partial charge in [0.2, 0.25) is 0 Å². The number of ether oxygens (including phenoxy) is 1. The van der Waals surface area contributed by atoms with Crippen LogP contribution in [0.2, 0.25) is 5.02 Å². The lowest BCUT2D eigenvalue weighted by Crippen LogP contribution is -2.49. The summed E-state index contributed by atoms with van der Waals surface area (Å²) < 4.78 is 5.90.